The van der Waals surface area contributed by atoms with Crippen LogP contribution in [0, 0.1) is 17.5 Å². The minimum Gasteiger partial charge on any atom is -0.347 e. The molecular weight excluding hydrogens is 457 g/mol. The summed E-state index contributed by atoms with van der Waals surface area (Å²) >= 11 is 3.27. The summed E-state index contributed by atoms with van der Waals surface area (Å²) in [4.78, 5) is 35.1. The molecule has 0 fully saturated rings. The van der Waals surface area contributed by atoms with Crippen molar-refractivity contribution < 1.29 is 27.6 Å². The van der Waals surface area contributed by atoms with Crippen LogP contribution in [0.5, 0.6) is 0 Å². The number of hydrogen-bond acceptors (Lipinski definition) is 3. The maximum absolute atomic E-state index is 13.5. The summed E-state index contributed by atoms with van der Waals surface area (Å²) in [5, 5.41) is 9.33. The lowest BCUT2D eigenvalue weighted by Crippen LogP contribution is -2.36. The molecule has 154 valence electrons. The first-order chi connectivity index (χ1) is 13.8. The summed E-state index contributed by atoms with van der Waals surface area (Å²) in [5.74, 6) is -6.01. The normalized spacial score (nSPS) is 10.2. The zero-order valence-corrected chi connectivity index (χ0v) is 16.4. The molecule has 7 nitrogen and oxygen atoms in total. The second-order valence-corrected chi connectivity index (χ2v) is 6.60. The van der Waals surface area contributed by atoms with Gasteiger partial charge in [0, 0.05) is 23.1 Å². The van der Waals surface area contributed by atoms with Crippen molar-refractivity contribution >= 4 is 45.2 Å². The Balaban J connectivity index is 1.67. The summed E-state index contributed by atoms with van der Waals surface area (Å²) in [6, 6.07) is 7.89. The number of nitrogens with one attached hydrogen (secondary N) is 4. The number of rotatable bonds is 7. The molecule has 4 N–H and O–H groups in total. The average Bonchev–Trinajstić information content (AvgIpc) is 2.68. The smallest absolute Gasteiger partial charge is 0.319 e. The fraction of sp³-hybridized carbons (Fsp3) is 0.167. The molecule has 0 radical (unpaired) electrons. The van der Waals surface area contributed by atoms with Gasteiger partial charge in [0.2, 0.25) is 11.8 Å². The van der Waals surface area contributed by atoms with E-state index < -0.39 is 47.5 Å². The van der Waals surface area contributed by atoms with Crippen LogP contribution < -0.4 is 21.3 Å². The number of halogens is 4. The predicted octanol–water partition coefficient (Wildman–Crippen LogP) is 3.13. The highest BCUT2D eigenvalue weighted by molar-refractivity contribution is 9.10. The molecular formula is C18H16BrF3N4O3. The first kappa shape index (κ1) is 22.2. The summed E-state index contributed by atoms with van der Waals surface area (Å²) in [6.07, 6.45) is -0.111. The molecule has 0 atom stereocenters. The van der Waals surface area contributed by atoms with Crippen LogP contribution in [0.25, 0.3) is 0 Å². The van der Waals surface area contributed by atoms with Crippen LogP contribution >= 0.6 is 15.9 Å². The predicted molar refractivity (Wildman–Crippen MR) is 104 cm³/mol. The first-order valence-corrected chi connectivity index (χ1v) is 9.06. The minimum absolute atomic E-state index is 0.00755. The molecule has 2 rings (SSSR count). The summed E-state index contributed by atoms with van der Waals surface area (Å²) in [5.41, 5.74) is 0.0192. The van der Waals surface area contributed by atoms with Gasteiger partial charge in [-0.15, -0.1) is 0 Å². The Morgan fingerprint density at radius 2 is 1.52 bits per heavy atom. The van der Waals surface area contributed by atoms with Crippen LogP contribution in [0.4, 0.5) is 29.3 Å². The van der Waals surface area contributed by atoms with Gasteiger partial charge < -0.3 is 21.3 Å². The summed E-state index contributed by atoms with van der Waals surface area (Å²) in [6.45, 7) is -0.504. The molecule has 0 aliphatic heterocycles. The number of carbonyl (C=O) groups excluding carboxylic acids is 3. The van der Waals surface area contributed by atoms with Crippen LogP contribution in [0.3, 0.4) is 0 Å². The van der Waals surface area contributed by atoms with Crippen molar-refractivity contribution in [1.29, 1.82) is 0 Å². The first-order valence-electron chi connectivity index (χ1n) is 8.26. The molecule has 11 heteroatoms. The van der Waals surface area contributed by atoms with Gasteiger partial charge in [-0.3, -0.25) is 9.59 Å². The van der Waals surface area contributed by atoms with Gasteiger partial charge in [-0.2, -0.15) is 0 Å². The Labute approximate surface area is 172 Å². The van der Waals surface area contributed by atoms with Crippen molar-refractivity contribution in [2.45, 2.75) is 6.42 Å². The van der Waals surface area contributed by atoms with Crippen LogP contribution in [-0.4, -0.2) is 30.9 Å². The van der Waals surface area contributed by atoms with E-state index in [0.717, 1.165) is 10.5 Å². The second kappa shape index (κ2) is 10.5. The molecule has 0 aliphatic carbocycles. The van der Waals surface area contributed by atoms with Gasteiger partial charge in [-0.25, -0.2) is 18.0 Å². The second-order valence-electron chi connectivity index (χ2n) is 5.69. The van der Waals surface area contributed by atoms with Gasteiger partial charge in [0.25, 0.3) is 0 Å². The lowest BCUT2D eigenvalue weighted by molar-refractivity contribution is -0.124. The van der Waals surface area contributed by atoms with E-state index >= 15 is 0 Å². The number of urea groups is 1. The van der Waals surface area contributed by atoms with Crippen molar-refractivity contribution in [2.24, 2.45) is 0 Å². The molecule has 2 aromatic rings. The van der Waals surface area contributed by atoms with Crippen LogP contribution in [0.2, 0.25) is 0 Å². The molecule has 0 saturated carbocycles. The third-order valence-corrected chi connectivity index (χ3v) is 4.02. The van der Waals surface area contributed by atoms with Crippen molar-refractivity contribution in [2.75, 3.05) is 23.7 Å². The van der Waals surface area contributed by atoms with Gasteiger partial charge in [0.1, 0.15) is 0 Å². The van der Waals surface area contributed by atoms with Gasteiger partial charge in [-0.05, 0) is 36.4 Å². The molecule has 0 bridgehead atoms. The molecule has 0 aromatic heterocycles. The Kier molecular flexibility index (Phi) is 8.01. The van der Waals surface area contributed by atoms with E-state index in [1.54, 1.807) is 24.3 Å². The van der Waals surface area contributed by atoms with Gasteiger partial charge >= 0.3 is 6.03 Å². The monoisotopic (exact) mass is 472 g/mol. The van der Waals surface area contributed by atoms with Gasteiger partial charge in [0.05, 0.1) is 12.2 Å². The topological polar surface area (TPSA) is 99.3 Å². The quantitative estimate of drug-likeness (QED) is 0.465. The molecule has 0 spiro atoms. The Morgan fingerprint density at radius 1 is 0.828 bits per heavy atom. The summed E-state index contributed by atoms with van der Waals surface area (Å²) < 4.78 is 40.3. The van der Waals surface area contributed by atoms with E-state index in [4.69, 9.17) is 0 Å². The van der Waals surface area contributed by atoms with Crippen molar-refractivity contribution in [3.63, 3.8) is 0 Å². The molecule has 0 saturated heterocycles. The van der Waals surface area contributed by atoms with Crippen LogP contribution in [0.15, 0.2) is 40.9 Å². The largest absolute Gasteiger partial charge is 0.347 e. The standard InChI is InChI=1S/C18H16BrF3N4O3/c19-10-1-3-11(4-2-10)25-18(29)23-8-7-14(27)24-9-15(28)26-13-6-5-12(20)16(21)17(13)22/h1-6H,7-9H2,(H,24,27)(H,26,28)(H2,23,25,29). The number of carbonyl (C=O) groups is 3. The third kappa shape index (κ3) is 7.11. The molecule has 0 heterocycles. The Morgan fingerprint density at radius 3 is 2.21 bits per heavy atom. The van der Waals surface area contributed by atoms with E-state index in [9.17, 15) is 27.6 Å². The molecule has 4 amide bonds. The number of amides is 4. The van der Waals surface area contributed by atoms with Crippen molar-refractivity contribution in [3.8, 4) is 0 Å². The SMILES string of the molecule is O=C(CCNC(=O)Nc1ccc(Br)cc1)NCC(=O)Nc1ccc(F)c(F)c1F. The van der Waals surface area contributed by atoms with Crippen LogP contribution in [-0.2, 0) is 9.59 Å². The molecule has 0 unspecified atom stereocenters. The fourth-order valence-corrected chi connectivity index (χ4v) is 2.35. The molecule has 2 aromatic carbocycles. The van der Waals surface area contributed by atoms with E-state index in [2.05, 4.69) is 31.9 Å². The number of anilines is 2. The Hall–Kier alpha value is -3.08. The third-order valence-electron chi connectivity index (χ3n) is 3.50. The zero-order valence-electron chi connectivity index (χ0n) is 14.8. The maximum Gasteiger partial charge on any atom is 0.319 e. The van der Waals surface area contributed by atoms with E-state index in [-0.39, 0.29) is 13.0 Å². The van der Waals surface area contributed by atoms with Crippen LogP contribution in [0.1, 0.15) is 6.42 Å². The van der Waals surface area contributed by atoms with Crippen molar-refractivity contribution in [1.82, 2.24) is 10.6 Å². The maximum atomic E-state index is 13.5. The van der Waals surface area contributed by atoms with E-state index in [1.165, 1.54) is 0 Å². The lowest BCUT2D eigenvalue weighted by atomic mass is 10.2. The lowest BCUT2D eigenvalue weighted by Gasteiger charge is -2.09. The minimum atomic E-state index is -1.71. The van der Waals surface area contributed by atoms with Gasteiger partial charge in [-0.1, -0.05) is 15.9 Å². The molecule has 29 heavy (non-hydrogen) atoms. The fourth-order valence-electron chi connectivity index (χ4n) is 2.08. The van der Waals surface area contributed by atoms with E-state index in [0.29, 0.717) is 11.8 Å². The zero-order chi connectivity index (χ0) is 21.4. The highest BCUT2D eigenvalue weighted by Crippen LogP contribution is 2.19. The number of hydrogen-bond donors (Lipinski definition) is 4. The Bertz CT molecular complexity index is 910. The highest BCUT2D eigenvalue weighted by atomic mass is 79.9. The average molecular weight is 473 g/mol. The number of benzene rings is 2. The molecule has 0 aliphatic rings. The van der Waals surface area contributed by atoms with Gasteiger partial charge in [0.15, 0.2) is 17.5 Å². The van der Waals surface area contributed by atoms with E-state index in [1.807, 2.05) is 5.32 Å². The summed E-state index contributed by atoms with van der Waals surface area (Å²) in [7, 11) is 0. The highest BCUT2D eigenvalue weighted by Gasteiger charge is 2.15. The van der Waals surface area contributed by atoms with Crippen molar-refractivity contribution in [3.05, 3.63) is 58.3 Å².